The zero-order valence-electron chi connectivity index (χ0n) is 10.2. The lowest BCUT2D eigenvalue weighted by atomic mass is 10.1. The van der Waals surface area contributed by atoms with Crippen molar-refractivity contribution in [3.8, 4) is 0 Å². The van der Waals surface area contributed by atoms with Gasteiger partial charge < -0.3 is 11.1 Å². The van der Waals surface area contributed by atoms with Crippen molar-refractivity contribution in [3.05, 3.63) is 63.9 Å². The number of carbonyl (C=O) groups is 2. The molecule has 4 nitrogen and oxygen atoms in total. The Balaban J connectivity index is 2.28. The Labute approximate surface area is 122 Å². The van der Waals surface area contributed by atoms with Crippen molar-refractivity contribution in [1.82, 2.24) is 0 Å². The van der Waals surface area contributed by atoms with Crippen LogP contribution in [0.5, 0.6) is 0 Å². The SMILES string of the molecule is NC(=O)c1cccc(NC(=O)c2c(F)cccc2Br)c1. The molecule has 0 saturated heterocycles. The number of primary amides is 1. The monoisotopic (exact) mass is 336 g/mol. The Kier molecular flexibility index (Phi) is 4.14. The molecule has 2 rings (SSSR count). The molecule has 0 radical (unpaired) electrons. The molecule has 2 aromatic rings. The maximum Gasteiger partial charge on any atom is 0.259 e. The average molecular weight is 337 g/mol. The van der Waals surface area contributed by atoms with Crippen LogP contribution in [-0.2, 0) is 0 Å². The maximum absolute atomic E-state index is 13.6. The minimum Gasteiger partial charge on any atom is -0.366 e. The van der Waals surface area contributed by atoms with Crippen molar-refractivity contribution >= 4 is 33.4 Å². The van der Waals surface area contributed by atoms with Crippen LogP contribution >= 0.6 is 15.9 Å². The highest BCUT2D eigenvalue weighted by molar-refractivity contribution is 9.10. The first-order valence-electron chi connectivity index (χ1n) is 5.64. The molecule has 0 aliphatic carbocycles. The van der Waals surface area contributed by atoms with Gasteiger partial charge in [-0.05, 0) is 46.3 Å². The summed E-state index contributed by atoms with van der Waals surface area (Å²) < 4.78 is 14.0. The Bertz CT molecular complexity index is 668. The maximum atomic E-state index is 13.6. The Hall–Kier alpha value is -2.21. The number of anilines is 1. The summed E-state index contributed by atoms with van der Waals surface area (Å²) in [4.78, 5) is 23.1. The zero-order chi connectivity index (χ0) is 14.7. The molecular formula is C14H10BrFN2O2. The molecule has 6 heteroatoms. The van der Waals surface area contributed by atoms with Crippen LogP contribution in [0.25, 0.3) is 0 Å². The predicted octanol–water partition coefficient (Wildman–Crippen LogP) is 2.94. The normalized spacial score (nSPS) is 10.1. The molecule has 0 fully saturated rings. The van der Waals surface area contributed by atoms with Crippen molar-refractivity contribution in [3.63, 3.8) is 0 Å². The number of amides is 2. The van der Waals surface area contributed by atoms with Crippen molar-refractivity contribution in [1.29, 1.82) is 0 Å². The van der Waals surface area contributed by atoms with E-state index in [1.165, 1.54) is 24.3 Å². The zero-order valence-corrected chi connectivity index (χ0v) is 11.8. The molecule has 0 heterocycles. The molecule has 0 aromatic heterocycles. The number of hydrogen-bond acceptors (Lipinski definition) is 2. The molecule has 20 heavy (non-hydrogen) atoms. The average Bonchev–Trinajstić information content (AvgIpc) is 2.38. The summed E-state index contributed by atoms with van der Waals surface area (Å²) >= 11 is 3.12. The highest BCUT2D eigenvalue weighted by Gasteiger charge is 2.15. The second-order valence-corrected chi connectivity index (χ2v) is 4.85. The van der Waals surface area contributed by atoms with Crippen LogP contribution in [0.4, 0.5) is 10.1 Å². The van der Waals surface area contributed by atoms with Crippen molar-refractivity contribution in [2.75, 3.05) is 5.32 Å². The molecule has 0 atom stereocenters. The number of carbonyl (C=O) groups excluding carboxylic acids is 2. The summed E-state index contributed by atoms with van der Waals surface area (Å²) in [6.45, 7) is 0. The van der Waals surface area contributed by atoms with Crippen molar-refractivity contribution in [2.45, 2.75) is 0 Å². The van der Waals surface area contributed by atoms with E-state index in [1.54, 1.807) is 18.2 Å². The molecular weight excluding hydrogens is 327 g/mol. The van der Waals surface area contributed by atoms with Gasteiger partial charge in [0.15, 0.2) is 0 Å². The van der Waals surface area contributed by atoms with Gasteiger partial charge in [0.05, 0.1) is 5.56 Å². The van der Waals surface area contributed by atoms with Crippen LogP contribution in [-0.4, -0.2) is 11.8 Å². The van der Waals surface area contributed by atoms with E-state index in [4.69, 9.17) is 5.73 Å². The van der Waals surface area contributed by atoms with Gasteiger partial charge in [0, 0.05) is 15.7 Å². The Morgan fingerprint density at radius 2 is 1.85 bits per heavy atom. The number of nitrogens with one attached hydrogen (secondary N) is 1. The molecule has 2 amide bonds. The summed E-state index contributed by atoms with van der Waals surface area (Å²) in [5.74, 6) is -1.85. The number of halogens is 2. The van der Waals surface area contributed by atoms with Crippen molar-refractivity contribution < 1.29 is 14.0 Å². The third kappa shape index (κ3) is 3.03. The van der Waals surface area contributed by atoms with E-state index in [1.807, 2.05) is 0 Å². The van der Waals surface area contributed by atoms with E-state index in [-0.39, 0.29) is 11.1 Å². The minimum absolute atomic E-state index is 0.100. The number of hydrogen-bond donors (Lipinski definition) is 2. The van der Waals surface area contributed by atoms with E-state index in [0.29, 0.717) is 10.2 Å². The molecule has 0 aliphatic heterocycles. The molecule has 102 valence electrons. The van der Waals surface area contributed by atoms with Gasteiger partial charge in [-0.3, -0.25) is 9.59 Å². The standard InChI is InChI=1S/C14H10BrFN2O2/c15-10-5-2-6-11(16)12(10)14(20)18-9-4-1-3-8(7-9)13(17)19/h1-7H,(H2,17,19)(H,18,20). The fourth-order valence-corrected chi connectivity index (χ4v) is 2.18. The molecule has 0 aliphatic rings. The van der Waals surface area contributed by atoms with Gasteiger partial charge in [-0.15, -0.1) is 0 Å². The fourth-order valence-electron chi connectivity index (χ4n) is 1.66. The van der Waals surface area contributed by atoms with Gasteiger partial charge in [0.1, 0.15) is 5.82 Å². The summed E-state index contributed by atoms with van der Waals surface area (Å²) in [5.41, 5.74) is 5.68. The quantitative estimate of drug-likeness (QED) is 0.904. The largest absolute Gasteiger partial charge is 0.366 e. The number of benzene rings is 2. The topological polar surface area (TPSA) is 72.2 Å². The number of nitrogens with two attached hydrogens (primary N) is 1. The molecule has 2 aromatic carbocycles. The van der Waals surface area contributed by atoms with Crippen molar-refractivity contribution in [2.24, 2.45) is 5.73 Å². The van der Waals surface area contributed by atoms with Gasteiger partial charge in [0.2, 0.25) is 5.91 Å². The smallest absolute Gasteiger partial charge is 0.259 e. The van der Waals surface area contributed by atoms with Crippen LogP contribution in [0.3, 0.4) is 0 Å². The summed E-state index contributed by atoms with van der Waals surface area (Å²) in [5, 5.41) is 2.52. The molecule has 0 bridgehead atoms. The predicted molar refractivity (Wildman–Crippen MR) is 77.0 cm³/mol. The van der Waals surface area contributed by atoms with Gasteiger partial charge in [-0.1, -0.05) is 12.1 Å². The van der Waals surface area contributed by atoms with Gasteiger partial charge >= 0.3 is 0 Å². The Morgan fingerprint density at radius 3 is 2.50 bits per heavy atom. The van der Waals surface area contributed by atoms with E-state index >= 15 is 0 Å². The highest BCUT2D eigenvalue weighted by Crippen LogP contribution is 2.21. The minimum atomic E-state index is -0.636. The number of rotatable bonds is 3. The van der Waals surface area contributed by atoms with Crippen LogP contribution < -0.4 is 11.1 Å². The summed E-state index contributed by atoms with van der Waals surface area (Å²) in [6.07, 6.45) is 0. The lowest BCUT2D eigenvalue weighted by Crippen LogP contribution is -2.16. The molecule has 0 unspecified atom stereocenters. The molecule has 0 spiro atoms. The van der Waals surface area contributed by atoms with Crippen LogP contribution in [0.2, 0.25) is 0 Å². The van der Waals surface area contributed by atoms with Crippen LogP contribution in [0, 0.1) is 5.82 Å². The van der Waals surface area contributed by atoms with Gasteiger partial charge in [-0.25, -0.2) is 4.39 Å². The lowest BCUT2D eigenvalue weighted by Gasteiger charge is -2.08. The van der Waals surface area contributed by atoms with Crippen LogP contribution in [0.1, 0.15) is 20.7 Å². The Morgan fingerprint density at radius 1 is 1.15 bits per heavy atom. The van der Waals surface area contributed by atoms with E-state index < -0.39 is 17.6 Å². The summed E-state index contributed by atoms with van der Waals surface area (Å²) in [7, 11) is 0. The second kappa shape index (κ2) is 5.83. The fraction of sp³-hybridized carbons (Fsp3) is 0. The first-order chi connectivity index (χ1) is 9.49. The van der Waals surface area contributed by atoms with E-state index in [2.05, 4.69) is 21.2 Å². The van der Waals surface area contributed by atoms with Gasteiger partial charge in [-0.2, -0.15) is 0 Å². The third-order valence-electron chi connectivity index (χ3n) is 2.59. The highest BCUT2D eigenvalue weighted by atomic mass is 79.9. The van der Waals surface area contributed by atoms with E-state index in [9.17, 15) is 14.0 Å². The van der Waals surface area contributed by atoms with E-state index in [0.717, 1.165) is 0 Å². The lowest BCUT2D eigenvalue weighted by molar-refractivity contribution is 0.0995. The van der Waals surface area contributed by atoms with Gasteiger partial charge in [0.25, 0.3) is 5.91 Å². The first kappa shape index (κ1) is 14.2. The molecule has 3 N–H and O–H groups in total. The first-order valence-corrected chi connectivity index (χ1v) is 6.43. The molecule has 0 saturated carbocycles. The summed E-state index contributed by atoms with van der Waals surface area (Å²) in [6, 6.07) is 10.4. The third-order valence-corrected chi connectivity index (χ3v) is 3.26. The second-order valence-electron chi connectivity index (χ2n) is 4.00. The van der Waals surface area contributed by atoms with Crippen LogP contribution in [0.15, 0.2) is 46.9 Å².